The molecule has 1 fully saturated rings. The highest BCUT2D eigenvalue weighted by molar-refractivity contribution is 5.47. The topological polar surface area (TPSA) is 77.7 Å². The first-order valence-corrected chi connectivity index (χ1v) is 9.21. The fraction of sp³-hybridized carbons (Fsp3) is 0.450. The first kappa shape index (κ1) is 17.1. The summed E-state index contributed by atoms with van der Waals surface area (Å²) in [6.45, 7) is 3.62. The number of fused-ring (bicyclic) bond motifs is 4. The van der Waals surface area contributed by atoms with Crippen molar-refractivity contribution < 1.29 is 10.2 Å². The number of aliphatic hydroxyl groups is 1. The van der Waals surface area contributed by atoms with Crippen LogP contribution in [0.1, 0.15) is 18.0 Å². The van der Waals surface area contributed by atoms with E-state index in [2.05, 4.69) is 16.3 Å². The molecule has 2 aliphatic heterocycles. The summed E-state index contributed by atoms with van der Waals surface area (Å²) in [7, 11) is 0. The minimum absolute atomic E-state index is 0.0981. The van der Waals surface area contributed by atoms with Crippen molar-refractivity contribution in [2.45, 2.75) is 25.0 Å². The summed E-state index contributed by atoms with van der Waals surface area (Å²) in [6.07, 6.45) is 0.631. The zero-order valence-corrected chi connectivity index (χ0v) is 14.7. The van der Waals surface area contributed by atoms with E-state index in [1.165, 1.54) is 0 Å². The van der Waals surface area contributed by atoms with Crippen LogP contribution in [0.2, 0.25) is 0 Å². The van der Waals surface area contributed by atoms with Crippen LogP contribution in [0.25, 0.3) is 0 Å². The molecule has 3 atom stereocenters. The number of aromatic nitrogens is 1. The number of hydrogen-bond acceptors (Lipinski definition) is 5. The van der Waals surface area contributed by atoms with E-state index in [1.54, 1.807) is 24.3 Å². The fourth-order valence-electron chi connectivity index (χ4n) is 4.36. The van der Waals surface area contributed by atoms with Crippen LogP contribution in [0.3, 0.4) is 0 Å². The van der Waals surface area contributed by atoms with Gasteiger partial charge in [0.05, 0.1) is 6.10 Å². The molecule has 1 saturated heterocycles. The van der Waals surface area contributed by atoms with Crippen LogP contribution >= 0.6 is 0 Å². The molecule has 2 aromatic rings. The molecule has 1 aromatic heterocycles. The lowest BCUT2D eigenvalue weighted by Crippen LogP contribution is -2.49. The van der Waals surface area contributed by atoms with Gasteiger partial charge in [0.1, 0.15) is 5.75 Å². The molecule has 6 heteroatoms. The Balaban J connectivity index is 1.36. The quantitative estimate of drug-likeness (QED) is 0.757. The highest BCUT2D eigenvalue weighted by Gasteiger charge is 2.34. The van der Waals surface area contributed by atoms with Crippen LogP contribution in [-0.4, -0.2) is 52.0 Å². The molecule has 2 aliphatic rings. The van der Waals surface area contributed by atoms with Crippen molar-refractivity contribution in [1.29, 1.82) is 0 Å². The van der Waals surface area contributed by atoms with Crippen molar-refractivity contribution in [3.05, 3.63) is 58.5 Å². The summed E-state index contributed by atoms with van der Waals surface area (Å²) >= 11 is 0. The molecule has 4 rings (SSSR count). The predicted octanol–water partition coefficient (Wildman–Crippen LogP) is 1.45. The number of phenols is 1. The molecule has 1 aromatic carbocycles. The molecule has 3 heterocycles. The van der Waals surface area contributed by atoms with Crippen LogP contribution in [0.4, 0.5) is 5.69 Å². The largest absolute Gasteiger partial charge is 0.508 e. The highest BCUT2D eigenvalue weighted by Crippen LogP contribution is 2.34. The first-order valence-electron chi connectivity index (χ1n) is 9.21. The van der Waals surface area contributed by atoms with Crippen molar-refractivity contribution in [3.8, 4) is 5.75 Å². The monoisotopic (exact) mass is 355 g/mol. The molecule has 0 amide bonds. The van der Waals surface area contributed by atoms with E-state index in [0.717, 1.165) is 37.4 Å². The Hall–Kier alpha value is -2.31. The number of anilines is 1. The molecule has 2 bridgehead atoms. The van der Waals surface area contributed by atoms with Crippen LogP contribution in [0.15, 0.2) is 47.3 Å². The number of hydrogen-bond donors (Lipinski definition) is 3. The van der Waals surface area contributed by atoms with Gasteiger partial charge < -0.3 is 20.1 Å². The number of pyridine rings is 1. The summed E-state index contributed by atoms with van der Waals surface area (Å²) in [6, 6.07) is 12.5. The Morgan fingerprint density at radius 3 is 2.85 bits per heavy atom. The van der Waals surface area contributed by atoms with Crippen LogP contribution in [0, 0.1) is 5.92 Å². The number of likely N-dealkylation sites (tertiary alicyclic amines) is 1. The summed E-state index contributed by atoms with van der Waals surface area (Å²) in [5.41, 5.74) is 2.03. The van der Waals surface area contributed by atoms with Gasteiger partial charge in [0.2, 0.25) is 0 Å². The third-order valence-corrected chi connectivity index (χ3v) is 5.41. The lowest BCUT2D eigenvalue weighted by molar-refractivity contribution is 0.0676. The number of phenolic OH excluding ortho intramolecular Hbond substituents is 1. The number of β-amino-alcohol motifs (C(OH)–C–C–N with tert-alkyl or cyclic N) is 1. The number of nitrogens with zero attached hydrogens (tertiary/aromatic N) is 2. The van der Waals surface area contributed by atoms with Crippen molar-refractivity contribution in [3.63, 3.8) is 0 Å². The summed E-state index contributed by atoms with van der Waals surface area (Å²) in [4.78, 5) is 14.4. The summed E-state index contributed by atoms with van der Waals surface area (Å²) in [5, 5.41) is 23.1. The summed E-state index contributed by atoms with van der Waals surface area (Å²) in [5.74, 6) is 1.04. The predicted molar refractivity (Wildman–Crippen MR) is 101 cm³/mol. The second kappa shape index (κ2) is 7.13. The number of piperidine rings is 1. The Morgan fingerprint density at radius 1 is 1.15 bits per heavy atom. The third kappa shape index (κ3) is 3.61. The van der Waals surface area contributed by atoms with Gasteiger partial charge in [-0.1, -0.05) is 12.1 Å². The van der Waals surface area contributed by atoms with Gasteiger partial charge in [-0.05, 0) is 30.5 Å². The van der Waals surface area contributed by atoms with Crippen molar-refractivity contribution in [2.75, 3.05) is 31.5 Å². The molecule has 0 spiro atoms. The minimum atomic E-state index is -0.492. The Kier molecular flexibility index (Phi) is 4.70. The van der Waals surface area contributed by atoms with E-state index in [0.29, 0.717) is 24.9 Å². The zero-order chi connectivity index (χ0) is 18.1. The Labute approximate surface area is 152 Å². The molecule has 3 N–H and O–H groups in total. The van der Waals surface area contributed by atoms with Crippen LogP contribution < -0.4 is 10.9 Å². The number of nitrogens with one attached hydrogen (secondary N) is 1. The van der Waals surface area contributed by atoms with Crippen LogP contribution in [0.5, 0.6) is 5.75 Å². The number of aliphatic hydroxyl groups excluding tert-OH is 1. The molecule has 0 aliphatic carbocycles. The SMILES string of the molecule is O=c1cccc2n1C[C@@H]1C[C@H]2CN(C[C@@H](O)CNc2cccc(O)c2)C1. The van der Waals surface area contributed by atoms with Gasteiger partial charge in [-0.3, -0.25) is 9.69 Å². The van der Waals surface area contributed by atoms with Gasteiger partial charge in [-0.15, -0.1) is 0 Å². The minimum Gasteiger partial charge on any atom is -0.508 e. The summed E-state index contributed by atoms with van der Waals surface area (Å²) < 4.78 is 1.93. The van der Waals surface area contributed by atoms with Gasteiger partial charge in [0.25, 0.3) is 5.56 Å². The molecular weight excluding hydrogens is 330 g/mol. The zero-order valence-electron chi connectivity index (χ0n) is 14.7. The Bertz CT molecular complexity index is 835. The Morgan fingerprint density at radius 2 is 2.00 bits per heavy atom. The number of benzene rings is 1. The van der Waals surface area contributed by atoms with Crippen molar-refractivity contribution >= 4 is 5.69 Å². The van der Waals surface area contributed by atoms with Gasteiger partial charge in [-0.25, -0.2) is 0 Å². The van der Waals surface area contributed by atoms with E-state index in [-0.39, 0.29) is 11.3 Å². The average molecular weight is 355 g/mol. The molecule has 0 saturated carbocycles. The van der Waals surface area contributed by atoms with Crippen molar-refractivity contribution in [1.82, 2.24) is 9.47 Å². The standard InChI is InChI=1S/C20H25N3O3/c24-17-4-1-3-16(8-17)21-9-18(25)13-22-10-14-7-15(12-22)19-5-2-6-20(26)23(19)11-14/h1-6,8,14-15,18,21,24-25H,7,9-13H2/t14-,15+,18+/m1/s1. The molecule has 0 unspecified atom stereocenters. The number of aromatic hydroxyl groups is 1. The second-order valence-corrected chi connectivity index (χ2v) is 7.50. The second-order valence-electron chi connectivity index (χ2n) is 7.50. The molecule has 0 radical (unpaired) electrons. The maximum absolute atomic E-state index is 12.1. The van der Waals surface area contributed by atoms with Crippen LogP contribution in [-0.2, 0) is 6.54 Å². The molecule has 138 valence electrons. The van der Waals surface area contributed by atoms with E-state index in [1.807, 2.05) is 16.7 Å². The van der Waals surface area contributed by atoms with Crippen molar-refractivity contribution in [2.24, 2.45) is 5.92 Å². The lowest BCUT2D eigenvalue weighted by atomic mass is 9.83. The molecule has 6 nitrogen and oxygen atoms in total. The van der Waals surface area contributed by atoms with Gasteiger partial charge in [-0.2, -0.15) is 0 Å². The van der Waals surface area contributed by atoms with E-state index >= 15 is 0 Å². The average Bonchev–Trinajstić information content (AvgIpc) is 2.61. The maximum Gasteiger partial charge on any atom is 0.250 e. The maximum atomic E-state index is 12.1. The van der Waals surface area contributed by atoms with E-state index in [9.17, 15) is 15.0 Å². The van der Waals surface area contributed by atoms with Gasteiger partial charge in [0.15, 0.2) is 0 Å². The van der Waals surface area contributed by atoms with E-state index in [4.69, 9.17) is 0 Å². The first-order chi connectivity index (χ1) is 12.6. The lowest BCUT2D eigenvalue weighted by Gasteiger charge is -2.43. The fourth-order valence-corrected chi connectivity index (χ4v) is 4.36. The van der Waals surface area contributed by atoms with Gasteiger partial charge >= 0.3 is 0 Å². The molecule has 26 heavy (non-hydrogen) atoms. The van der Waals surface area contributed by atoms with Gasteiger partial charge in [0, 0.05) is 62.2 Å². The normalized spacial score (nSPS) is 23.3. The molecular formula is C20H25N3O3. The number of rotatable bonds is 5. The highest BCUT2D eigenvalue weighted by atomic mass is 16.3. The third-order valence-electron chi connectivity index (χ3n) is 5.41. The smallest absolute Gasteiger partial charge is 0.250 e. The van der Waals surface area contributed by atoms with E-state index < -0.39 is 6.10 Å².